The summed E-state index contributed by atoms with van der Waals surface area (Å²) in [6, 6.07) is 2.82. The molecule has 0 aliphatic heterocycles. The summed E-state index contributed by atoms with van der Waals surface area (Å²) in [6.45, 7) is 9.02. The molecule has 0 aliphatic carbocycles. The van der Waals surface area contributed by atoms with Gasteiger partial charge in [-0.2, -0.15) is 0 Å². The van der Waals surface area contributed by atoms with Gasteiger partial charge in [-0.05, 0) is 55.3 Å². The average Bonchev–Trinajstić information content (AvgIpc) is 2.46. The molecule has 1 aromatic carbocycles. The number of hydrogen-bond donors (Lipinski definition) is 1. The van der Waals surface area contributed by atoms with E-state index in [9.17, 15) is 14.0 Å². The van der Waals surface area contributed by atoms with E-state index in [1.165, 1.54) is 23.9 Å². The molecule has 4 nitrogen and oxygen atoms in total. The molecule has 1 amide bonds. The third kappa shape index (κ3) is 6.43. The molecule has 1 atom stereocenters. The van der Waals surface area contributed by atoms with Crippen LogP contribution >= 0.6 is 27.7 Å². The second-order valence-electron chi connectivity index (χ2n) is 6.21. The largest absolute Gasteiger partial charge is 0.459 e. The summed E-state index contributed by atoms with van der Waals surface area (Å²) in [5.41, 5.74) is -0.461. The molecule has 0 saturated carbocycles. The van der Waals surface area contributed by atoms with Crippen molar-refractivity contribution in [3.8, 4) is 0 Å². The molecule has 0 saturated heterocycles. The van der Waals surface area contributed by atoms with Crippen LogP contribution in [0.1, 0.15) is 47.5 Å². The van der Waals surface area contributed by atoms with Gasteiger partial charge >= 0.3 is 5.97 Å². The summed E-state index contributed by atoms with van der Waals surface area (Å²) < 4.78 is 19.9. The van der Waals surface area contributed by atoms with E-state index in [0.29, 0.717) is 15.8 Å². The molecule has 0 aliphatic rings. The number of carbonyl (C=O) groups excluding carboxylic acids is 2. The number of anilines is 1. The Morgan fingerprint density at radius 1 is 1.33 bits per heavy atom. The maximum atomic E-state index is 14.0. The number of amides is 1. The molecule has 1 N–H and O–H groups in total. The molecule has 0 heterocycles. The van der Waals surface area contributed by atoms with Gasteiger partial charge in [0.25, 0.3) is 0 Å². The molecule has 7 heteroatoms. The number of halogens is 2. The smallest absolute Gasteiger partial charge is 0.319 e. The summed E-state index contributed by atoms with van der Waals surface area (Å²) in [5.74, 6) is -1.12. The number of rotatable bonds is 6. The summed E-state index contributed by atoms with van der Waals surface area (Å²) in [6.07, 6.45) is 0.827. The zero-order chi connectivity index (χ0) is 18.5. The highest BCUT2D eigenvalue weighted by Gasteiger charge is 2.26. The zero-order valence-corrected chi connectivity index (χ0v) is 16.9. The SMILES string of the molecule is CCC(=O)Nc1cc(SC(CC)C(=O)OC(C)(C)C)c(Br)cc1F. The number of benzene rings is 1. The fraction of sp³-hybridized carbons (Fsp3) is 0.529. The Hall–Kier alpha value is -1.08. The van der Waals surface area contributed by atoms with Crippen LogP contribution in [0.5, 0.6) is 0 Å². The lowest BCUT2D eigenvalue weighted by atomic mass is 10.2. The second-order valence-corrected chi connectivity index (χ2v) is 8.31. The van der Waals surface area contributed by atoms with E-state index in [1.54, 1.807) is 6.92 Å². The van der Waals surface area contributed by atoms with Crippen molar-refractivity contribution in [2.75, 3.05) is 5.32 Å². The quantitative estimate of drug-likeness (QED) is 0.511. The van der Waals surface area contributed by atoms with Crippen molar-refractivity contribution in [2.45, 2.75) is 63.2 Å². The van der Waals surface area contributed by atoms with Crippen LogP contribution in [0, 0.1) is 5.82 Å². The van der Waals surface area contributed by atoms with Gasteiger partial charge < -0.3 is 10.1 Å². The van der Waals surface area contributed by atoms with Crippen LogP contribution in [-0.4, -0.2) is 22.7 Å². The van der Waals surface area contributed by atoms with Gasteiger partial charge in [-0.25, -0.2) is 4.39 Å². The zero-order valence-electron chi connectivity index (χ0n) is 14.5. The first-order valence-electron chi connectivity index (χ1n) is 7.75. The third-order valence-corrected chi connectivity index (χ3v) is 5.25. The highest BCUT2D eigenvalue weighted by atomic mass is 79.9. The second kappa shape index (κ2) is 8.85. The number of carbonyl (C=O) groups is 2. The molecule has 1 unspecified atom stereocenters. The number of ether oxygens (including phenoxy) is 1. The van der Waals surface area contributed by atoms with Crippen molar-refractivity contribution in [3.63, 3.8) is 0 Å². The van der Waals surface area contributed by atoms with Gasteiger partial charge in [-0.1, -0.05) is 13.8 Å². The maximum Gasteiger partial charge on any atom is 0.319 e. The minimum Gasteiger partial charge on any atom is -0.459 e. The van der Waals surface area contributed by atoms with Gasteiger partial charge in [0.1, 0.15) is 16.7 Å². The Morgan fingerprint density at radius 3 is 2.46 bits per heavy atom. The number of nitrogens with one attached hydrogen (secondary N) is 1. The van der Waals surface area contributed by atoms with Crippen molar-refractivity contribution < 1.29 is 18.7 Å². The molecule has 0 radical (unpaired) electrons. The van der Waals surface area contributed by atoms with E-state index in [-0.39, 0.29) is 24.0 Å². The van der Waals surface area contributed by atoms with Crippen LogP contribution in [-0.2, 0) is 14.3 Å². The first-order chi connectivity index (χ1) is 11.1. The van der Waals surface area contributed by atoms with E-state index in [4.69, 9.17) is 4.74 Å². The predicted molar refractivity (Wildman–Crippen MR) is 98.8 cm³/mol. The van der Waals surface area contributed by atoms with E-state index < -0.39 is 16.7 Å². The van der Waals surface area contributed by atoms with Crippen LogP contribution < -0.4 is 5.32 Å². The lowest BCUT2D eigenvalue weighted by Gasteiger charge is -2.23. The molecular formula is C17H23BrFNO3S. The Morgan fingerprint density at radius 2 is 1.96 bits per heavy atom. The third-order valence-electron chi connectivity index (χ3n) is 2.93. The average molecular weight is 420 g/mol. The van der Waals surface area contributed by atoms with Gasteiger partial charge in [0, 0.05) is 15.8 Å². The molecule has 0 bridgehead atoms. The number of hydrogen-bond acceptors (Lipinski definition) is 4. The Balaban J connectivity index is 3.01. The molecular weight excluding hydrogens is 397 g/mol. The topological polar surface area (TPSA) is 55.4 Å². The van der Waals surface area contributed by atoms with Crippen LogP contribution in [0.2, 0.25) is 0 Å². The first-order valence-corrected chi connectivity index (χ1v) is 9.43. The fourth-order valence-electron chi connectivity index (χ4n) is 1.77. The maximum absolute atomic E-state index is 14.0. The summed E-state index contributed by atoms with van der Waals surface area (Å²) in [5, 5.41) is 2.11. The lowest BCUT2D eigenvalue weighted by molar-refractivity contribution is -0.154. The molecule has 1 aromatic rings. The molecule has 134 valence electrons. The Labute approximate surface area is 155 Å². The number of esters is 1. The Kier molecular flexibility index (Phi) is 7.73. The van der Waals surface area contributed by atoms with E-state index in [2.05, 4.69) is 21.2 Å². The molecule has 1 rings (SSSR count). The minimum atomic E-state index is -0.564. The van der Waals surface area contributed by atoms with Crippen molar-refractivity contribution in [3.05, 3.63) is 22.4 Å². The van der Waals surface area contributed by atoms with Crippen LogP contribution in [0.4, 0.5) is 10.1 Å². The fourth-order valence-corrected chi connectivity index (χ4v) is 3.34. The highest BCUT2D eigenvalue weighted by Crippen LogP contribution is 2.36. The molecule has 0 spiro atoms. The van der Waals surface area contributed by atoms with Gasteiger partial charge in [0.2, 0.25) is 5.91 Å². The predicted octanol–water partition coefficient (Wildman–Crippen LogP) is 5.15. The van der Waals surface area contributed by atoms with Crippen molar-refractivity contribution >= 4 is 45.3 Å². The van der Waals surface area contributed by atoms with Crippen LogP contribution in [0.3, 0.4) is 0 Å². The van der Waals surface area contributed by atoms with E-state index in [0.717, 1.165) is 0 Å². The minimum absolute atomic E-state index is 0.103. The highest BCUT2D eigenvalue weighted by molar-refractivity contribution is 9.10. The van der Waals surface area contributed by atoms with Crippen molar-refractivity contribution in [1.82, 2.24) is 0 Å². The van der Waals surface area contributed by atoms with Crippen LogP contribution in [0.25, 0.3) is 0 Å². The molecule has 24 heavy (non-hydrogen) atoms. The normalized spacial score (nSPS) is 12.6. The van der Waals surface area contributed by atoms with Crippen LogP contribution in [0.15, 0.2) is 21.5 Å². The summed E-state index contributed by atoms with van der Waals surface area (Å²) >= 11 is 4.59. The number of thioether (sulfide) groups is 1. The van der Waals surface area contributed by atoms with Crippen molar-refractivity contribution in [2.24, 2.45) is 0 Å². The van der Waals surface area contributed by atoms with Gasteiger partial charge in [0.05, 0.1) is 5.69 Å². The van der Waals surface area contributed by atoms with Gasteiger partial charge in [0.15, 0.2) is 0 Å². The van der Waals surface area contributed by atoms with E-state index >= 15 is 0 Å². The van der Waals surface area contributed by atoms with Crippen molar-refractivity contribution in [1.29, 1.82) is 0 Å². The molecule has 0 aromatic heterocycles. The first kappa shape index (κ1) is 21.0. The lowest BCUT2D eigenvalue weighted by Crippen LogP contribution is -2.30. The van der Waals surface area contributed by atoms with Gasteiger partial charge in [-0.15, -0.1) is 11.8 Å². The summed E-state index contributed by atoms with van der Waals surface area (Å²) in [7, 11) is 0. The van der Waals surface area contributed by atoms with E-state index in [1.807, 2.05) is 27.7 Å². The monoisotopic (exact) mass is 419 g/mol. The van der Waals surface area contributed by atoms with Gasteiger partial charge in [-0.3, -0.25) is 9.59 Å². The standard InChI is InChI=1S/C17H23BrFNO3S/c1-6-13(16(22)23-17(3,4)5)24-14-9-12(20-15(21)7-2)11(19)8-10(14)18/h8-9,13H,6-7H2,1-5H3,(H,20,21). The summed E-state index contributed by atoms with van der Waals surface area (Å²) in [4.78, 5) is 24.4. The molecule has 0 fully saturated rings. The Bertz CT molecular complexity index is 617.